The number of nitrogens with one attached hydrogen (secondary N) is 3. The molecule has 0 rings (SSSR count). The van der Waals surface area contributed by atoms with Gasteiger partial charge in [0, 0.05) is 17.9 Å². The second-order valence-corrected chi connectivity index (χ2v) is 5.81. The van der Waals surface area contributed by atoms with Gasteiger partial charge in [0.25, 0.3) is 0 Å². The minimum Gasteiger partial charge on any atom is -0.481 e. The highest BCUT2D eigenvalue weighted by Gasteiger charge is 2.28. The molecule has 0 fully saturated rings. The van der Waals surface area contributed by atoms with Crippen LogP contribution >= 0.6 is 25.3 Å². The summed E-state index contributed by atoms with van der Waals surface area (Å²) < 4.78 is 0. The van der Waals surface area contributed by atoms with Crippen molar-refractivity contribution in [3.05, 3.63) is 0 Å². The van der Waals surface area contributed by atoms with Crippen molar-refractivity contribution in [3.8, 4) is 0 Å². The first kappa shape index (κ1) is 24.0. The van der Waals surface area contributed by atoms with Gasteiger partial charge in [0.2, 0.25) is 17.7 Å². The van der Waals surface area contributed by atoms with Crippen LogP contribution in [-0.2, 0) is 24.0 Å². The number of thiol groups is 2. The molecular formula is C13H22N4O7S2. The van der Waals surface area contributed by atoms with Crippen LogP contribution in [0.3, 0.4) is 0 Å². The molecule has 0 saturated carbocycles. The molecule has 0 aromatic heterocycles. The molecule has 3 unspecified atom stereocenters. The number of hydrogen-bond acceptors (Lipinski definition) is 8. The monoisotopic (exact) mass is 410 g/mol. The zero-order valence-corrected chi connectivity index (χ0v) is 15.5. The zero-order chi connectivity index (χ0) is 20.3. The number of aliphatic carboxylic acids is 2. The number of hydrogen-bond donors (Lipinski definition) is 8. The van der Waals surface area contributed by atoms with Gasteiger partial charge in [0.05, 0.1) is 6.54 Å². The normalized spacial score (nSPS) is 13.8. The summed E-state index contributed by atoms with van der Waals surface area (Å²) >= 11 is 7.74. The molecule has 3 atom stereocenters. The zero-order valence-electron chi connectivity index (χ0n) is 13.7. The van der Waals surface area contributed by atoms with E-state index in [1.165, 1.54) is 0 Å². The van der Waals surface area contributed by atoms with Gasteiger partial charge in [0.15, 0.2) is 0 Å². The van der Waals surface area contributed by atoms with Crippen LogP contribution in [0.25, 0.3) is 0 Å². The van der Waals surface area contributed by atoms with E-state index in [0.29, 0.717) is 0 Å². The number of carboxylic acids is 2. The fraction of sp³-hybridized carbons (Fsp3) is 0.615. The van der Waals surface area contributed by atoms with Crippen molar-refractivity contribution in [1.29, 1.82) is 0 Å². The van der Waals surface area contributed by atoms with Gasteiger partial charge in [0.1, 0.15) is 18.1 Å². The second-order valence-electron chi connectivity index (χ2n) is 5.08. The van der Waals surface area contributed by atoms with E-state index in [1.54, 1.807) is 0 Å². The second kappa shape index (κ2) is 12.4. The van der Waals surface area contributed by atoms with Crippen molar-refractivity contribution < 1.29 is 34.2 Å². The Hall–Kier alpha value is -1.99. The van der Waals surface area contributed by atoms with Crippen molar-refractivity contribution in [1.82, 2.24) is 16.0 Å². The third-order valence-corrected chi connectivity index (χ3v) is 3.83. The standard InChI is InChI=1S/C13H22N4O7S2/c14-3-9(18)15-6(1-2-10(19)20)11(21)16-7(4-25)12(22)17-8(5-26)13(23)24/h6-8,25-26H,1-5,14H2,(H,15,18)(H,16,21)(H,17,22)(H,19,20)(H,23,24). The van der Waals surface area contributed by atoms with Crippen LogP contribution in [0.15, 0.2) is 0 Å². The van der Waals surface area contributed by atoms with Crippen molar-refractivity contribution >= 4 is 54.9 Å². The maximum absolute atomic E-state index is 12.3. The van der Waals surface area contributed by atoms with Crippen molar-refractivity contribution in [2.75, 3.05) is 18.1 Å². The van der Waals surface area contributed by atoms with E-state index in [4.69, 9.17) is 15.9 Å². The summed E-state index contributed by atoms with van der Waals surface area (Å²) in [4.78, 5) is 57.3. The van der Waals surface area contributed by atoms with E-state index in [0.717, 1.165) is 0 Å². The SMILES string of the molecule is NCC(=O)NC(CCC(=O)O)C(=O)NC(CS)C(=O)NC(CS)C(=O)O. The number of nitrogens with two attached hydrogens (primary N) is 1. The average molecular weight is 410 g/mol. The molecule has 3 amide bonds. The Labute approximate surface area is 160 Å². The molecule has 0 radical (unpaired) electrons. The number of carboxylic acid groups (broad SMARTS) is 2. The predicted molar refractivity (Wildman–Crippen MR) is 97.1 cm³/mol. The number of amides is 3. The van der Waals surface area contributed by atoms with Crippen LogP contribution in [-0.4, -0.2) is 76.0 Å². The van der Waals surface area contributed by atoms with Gasteiger partial charge in [-0.25, -0.2) is 4.79 Å². The highest BCUT2D eigenvalue weighted by molar-refractivity contribution is 7.80. The van der Waals surface area contributed by atoms with Crippen LogP contribution < -0.4 is 21.7 Å². The Bertz CT molecular complexity index is 547. The minimum atomic E-state index is -1.30. The van der Waals surface area contributed by atoms with Gasteiger partial charge in [-0.2, -0.15) is 25.3 Å². The van der Waals surface area contributed by atoms with Gasteiger partial charge >= 0.3 is 11.9 Å². The van der Waals surface area contributed by atoms with E-state index in [1.807, 2.05) is 0 Å². The van der Waals surface area contributed by atoms with Crippen LogP contribution in [0.1, 0.15) is 12.8 Å². The van der Waals surface area contributed by atoms with Gasteiger partial charge in [-0.3, -0.25) is 19.2 Å². The molecule has 7 N–H and O–H groups in total. The average Bonchev–Trinajstić information content (AvgIpc) is 2.59. The summed E-state index contributed by atoms with van der Waals surface area (Å²) in [5.74, 6) is -5.10. The van der Waals surface area contributed by atoms with E-state index >= 15 is 0 Å². The van der Waals surface area contributed by atoms with E-state index in [9.17, 15) is 24.0 Å². The first-order valence-electron chi connectivity index (χ1n) is 7.42. The van der Waals surface area contributed by atoms with E-state index < -0.39 is 60.8 Å². The number of carbonyl (C=O) groups is 5. The largest absolute Gasteiger partial charge is 0.481 e. The Kier molecular flexibility index (Phi) is 11.4. The van der Waals surface area contributed by atoms with Crippen LogP contribution in [0, 0.1) is 0 Å². The van der Waals surface area contributed by atoms with Gasteiger partial charge in [-0.05, 0) is 6.42 Å². The van der Waals surface area contributed by atoms with Gasteiger partial charge < -0.3 is 31.9 Å². The van der Waals surface area contributed by atoms with Crippen LogP contribution in [0.4, 0.5) is 0 Å². The predicted octanol–water partition coefficient (Wildman–Crippen LogP) is -2.79. The topological polar surface area (TPSA) is 188 Å². The molecule has 0 aliphatic carbocycles. The van der Waals surface area contributed by atoms with Crippen molar-refractivity contribution in [3.63, 3.8) is 0 Å². The van der Waals surface area contributed by atoms with Crippen molar-refractivity contribution in [2.45, 2.75) is 31.0 Å². The summed E-state index contributed by atoms with van der Waals surface area (Å²) in [5.41, 5.74) is 5.15. The van der Waals surface area contributed by atoms with Gasteiger partial charge in [-0.1, -0.05) is 0 Å². The molecule has 0 aliphatic rings. The molecular weight excluding hydrogens is 388 g/mol. The smallest absolute Gasteiger partial charge is 0.327 e. The Balaban J connectivity index is 5.01. The molecule has 26 heavy (non-hydrogen) atoms. The minimum absolute atomic E-state index is 0.160. The third kappa shape index (κ3) is 8.92. The summed E-state index contributed by atoms with van der Waals surface area (Å²) in [6.07, 6.45) is -0.621. The maximum atomic E-state index is 12.3. The highest BCUT2D eigenvalue weighted by atomic mass is 32.1. The molecule has 148 valence electrons. The Morgan fingerprint density at radius 2 is 1.35 bits per heavy atom. The lowest BCUT2D eigenvalue weighted by atomic mass is 10.1. The van der Waals surface area contributed by atoms with Crippen LogP contribution in [0.2, 0.25) is 0 Å². The summed E-state index contributed by atoms with van der Waals surface area (Å²) in [5, 5.41) is 24.4. The molecule has 0 aromatic rings. The molecule has 0 aliphatic heterocycles. The molecule has 13 heteroatoms. The summed E-state index contributed by atoms with van der Waals surface area (Å²) in [6.45, 7) is -0.407. The Morgan fingerprint density at radius 3 is 1.77 bits per heavy atom. The van der Waals surface area contributed by atoms with Crippen LogP contribution in [0.5, 0.6) is 0 Å². The Morgan fingerprint density at radius 1 is 0.846 bits per heavy atom. The lowest BCUT2D eigenvalue weighted by molar-refractivity contribution is -0.141. The van der Waals surface area contributed by atoms with Gasteiger partial charge in [-0.15, -0.1) is 0 Å². The quantitative estimate of drug-likeness (QED) is 0.158. The third-order valence-electron chi connectivity index (χ3n) is 3.10. The molecule has 0 bridgehead atoms. The van der Waals surface area contributed by atoms with E-state index in [2.05, 4.69) is 41.2 Å². The number of rotatable bonds is 12. The molecule has 11 nitrogen and oxygen atoms in total. The number of carbonyl (C=O) groups excluding carboxylic acids is 3. The molecule has 0 saturated heterocycles. The van der Waals surface area contributed by atoms with E-state index in [-0.39, 0.29) is 17.9 Å². The molecule has 0 aromatic carbocycles. The molecule has 0 spiro atoms. The lowest BCUT2D eigenvalue weighted by Gasteiger charge is -2.23. The molecule has 0 heterocycles. The van der Waals surface area contributed by atoms with Crippen molar-refractivity contribution in [2.24, 2.45) is 5.73 Å². The summed E-state index contributed by atoms with van der Waals surface area (Å²) in [7, 11) is 0. The first-order valence-corrected chi connectivity index (χ1v) is 8.69. The fourth-order valence-electron chi connectivity index (χ4n) is 1.71. The fourth-order valence-corrected chi connectivity index (χ4v) is 2.22. The summed E-state index contributed by atoms with van der Waals surface area (Å²) in [6, 6.07) is -3.68. The highest BCUT2D eigenvalue weighted by Crippen LogP contribution is 2.01. The first-order chi connectivity index (χ1) is 12.2. The maximum Gasteiger partial charge on any atom is 0.327 e. The lowest BCUT2D eigenvalue weighted by Crippen LogP contribution is -2.57.